The van der Waals surface area contributed by atoms with Crippen molar-refractivity contribution in [3.8, 4) is 11.3 Å². The van der Waals surface area contributed by atoms with E-state index >= 15 is 0 Å². The summed E-state index contributed by atoms with van der Waals surface area (Å²) in [5, 5.41) is 3.09. The average molecular weight is 407 g/mol. The zero-order valence-electron chi connectivity index (χ0n) is 16.9. The highest BCUT2D eigenvalue weighted by Gasteiger charge is 2.28. The van der Waals surface area contributed by atoms with Crippen molar-refractivity contribution in [1.82, 2.24) is 19.9 Å². The third-order valence-electron chi connectivity index (χ3n) is 5.91. The Labute approximate surface area is 174 Å². The molecule has 0 spiro atoms. The fourth-order valence-corrected chi connectivity index (χ4v) is 4.24. The van der Waals surface area contributed by atoms with Crippen molar-refractivity contribution in [1.29, 1.82) is 0 Å². The Balaban J connectivity index is 1.46. The molecule has 1 amide bonds. The molecule has 5 rings (SSSR count). The molecule has 30 heavy (non-hydrogen) atoms. The number of aromatic amines is 1. The van der Waals surface area contributed by atoms with E-state index in [1.807, 2.05) is 19.1 Å². The van der Waals surface area contributed by atoms with Crippen LogP contribution >= 0.6 is 0 Å². The Morgan fingerprint density at radius 3 is 2.93 bits per heavy atom. The lowest BCUT2D eigenvalue weighted by molar-refractivity contribution is -0.117. The molecule has 9 heteroatoms. The molecule has 0 radical (unpaired) electrons. The van der Waals surface area contributed by atoms with Crippen LogP contribution in [0, 0.1) is 12.8 Å². The first-order valence-electron chi connectivity index (χ1n) is 10.3. The van der Waals surface area contributed by atoms with Crippen molar-refractivity contribution in [2.45, 2.75) is 26.2 Å². The van der Waals surface area contributed by atoms with Crippen LogP contribution in [0.3, 0.4) is 0 Å². The van der Waals surface area contributed by atoms with Crippen molar-refractivity contribution >= 4 is 34.5 Å². The van der Waals surface area contributed by atoms with Crippen molar-refractivity contribution in [2.24, 2.45) is 5.92 Å². The SMILES string of the molecule is Cc1cc(-c2cnc3c(n2)N(CCC2CCOCC2)C(=O)CN3)cc2[nH]c(N)nc12. The van der Waals surface area contributed by atoms with E-state index in [2.05, 4.69) is 20.3 Å². The summed E-state index contributed by atoms with van der Waals surface area (Å²) < 4.78 is 5.45. The summed E-state index contributed by atoms with van der Waals surface area (Å²) in [4.78, 5) is 31.2. The number of carbonyl (C=O) groups excluding carboxylic acids is 1. The van der Waals surface area contributed by atoms with E-state index in [1.165, 1.54) is 0 Å². The third-order valence-corrected chi connectivity index (χ3v) is 5.91. The van der Waals surface area contributed by atoms with Crippen LogP contribution in [-0.2, 0) is 9.53 Å². The highest BCUT2D eigenvalue weighted by Crippen LogP contribution is 2.31. The maximum Gasteiger partial charge on any atom is 0.247 e. The molecule has 0 aliphatic carbocycles. The van der Waals surface area contributed by atoms with Gasteiger partial charge in [-0.2, -0.15) is 0 Å². The van der Waals surface area contributed by atoms with Gasteiger partial charge in [-0.15, -0.1) is 0 Å². The van der Waals surface area contributed by atoms with E-state index in [1.54, 1.807) is 11.1 Å². The minimum absolute atomic E-state index is 0.0222. The minimum Gasteiger partial charge on any atom is -0.381 e. The summed E-state index contributed by atoms with van der Waals surface area (Å²) in [6.07, 6.45) is 4.77. The minimum atomic E-state index is 0.0222. The van der Waals surface area contributed by atoms with Gasteiger partial charge in [-0.1, -0.05) is 0 Å². The topological polar surface area (TPSA) is 122 Å². The largest absolute Gasteiger partial charge is 0.381 e. The molecule has 3 aromatic rings. The molecule has 0 unspecified atom stereocenters. The number of hydrogen-bond acceptors (Lipinski definition) is 7. The zero-order valence-corrected chi connectivity index (χ0v) is 16.9. The number of aromatic nitrogens is 4. The second-order valence-electron chi connectivity index (χ2n) is 7.98. The first-order chi connectivity index (χ1) is 14.6. The van der Waals surface area contributed by atoms with E-state index in [0.717, 1.165) is 54.6 Å². The summed E-state index contributed by atoms with van der Waals surface area (Å²) in [5.41, 5.74) is 10.1. The number of nitrogen functional groups attached to an aromatic ring is 1. The van der Waals surface area contributed by atoms with E-state index in [4.69, 9.17) is 15.5 Å². The van der Waals surface area contributed by atoms with Gasteiger partial charge in [0.25, 0.3) is 0 Å². The second kappa shape index (κ2) is 7.56. The fraction of sp³-hybridized carbons (Fsp3) is 0.429. The number of H-pyrrole nitrogens is 1. The number of nitrogens with zero attached hydrogens (tertiary/aromatic N) is 4. The Bertz CT molecular complexity index is 1100. The van der Waals surface area contributed by atoms with E-state index in [9.17, 15) is 4.79 Å². The monoisotopic (exact) mass is 407 g/mol. The van der Waals surface area contributed by atoms with Gasteiger partial charge in [-0.3, -0.25) is 9.69 Å². The van der Waals surface area contributed by atoms with Crippen molar-refractivity contribution in [3.05, 3.63) is 23.9 Å². The number of hydrogen-bond donors (Lipinski definition) is 3. The van der Waals surface area contributed by atoms with Crippen LogP contribution in [0.2, 0.25) is 0 Å². The van der Waals surface area contributed by atoms with Gasteiger partial charge >= 0.3 is 0 Å². The fourth-order valence-electron chi connectivity index (χ4n) is 4.24. The average Bonchev–Trinajstić information content (AvgIpc) is 3.14. The number of imidazole rings is 1. The first kappa shape index (κ1) is 18.8. The quantitative estimate of drug-likeness (QED) is 0.607. The van der Waals surface area contributed by atoms with Gasteiger partial charge in [0.1, 0.15) is 0 Å². The summed E-state index contributed by atoms with van der Waals surface area (Å²) in [7, 11) is 0. The predicted octanol–water partition coefficient (Wildman–Crippen LogP) is 2.49. The van der Waals surface area contributed by atoms with E-state index in [0.29, 0.717) is 35.7 Å². The van der Waals surface area contributed by atoms with Gasteiger partial charge in [0, 0.05) is 25.3 Å². The second-order valence-corrected chi connectivity index (χ2v) is 7.98. The third kappa shape index (κ3) is 3.45. The number of nitrogens with two attached hydrogens (primary N) is 1. The maximum absolute atomic E-state index is 12.7. The smallest absolute Gasteiger partial charge is 0.247 e. The molecule has 4 N–H and O–H groups in total. The molecular weight excluding hydrogens is 382 g/mol. The highest BCUT2D eigenvalue weighted by molar-refractivity contribution is 6.01. The van der Waals surface area contributed by atoms with Crippen LogP contribution in [0.1, 0.15) is 24.8 Å². The molecule has 0 atom stereocenters. The zero-order chi connectivity index (χ0) is 20.7. The molecule has 2 aromatic heterocycles. The lowest BCUT2D eigenvalue weighted by atomic mass is 9.96. The number of ether oxygens (including phenoxy) is 1. The molecule has 156 valence electrons. The molecule has 2 aliphatic heterocycles. The molecule has 4 heterocycles. The van der Waals surface area contributed by atoms with Crippen molar-refractivity contribution < 1.29 is 9.53 Å². The molecule has 1 fully saturated rings. The molecule has 1 aromatic carbocycles. The van der Waals surface area contributed by atoms with Gasteiger partial charge in [0.2, 0.25) is 5.91 Å². The number of anilines is 3. The normalized spacial score (nSPS) is 17.2. The van der Waals surface area contributed by atoms with Gasteiger partial charge in [-0.05, 0) is 49.8 Å². The van der Waals surface area contributed by atoms with Gasteiger partial charge in [0.15, 0.2) is 17.6 Å². The highest BCUT2D eigenvalue weighted by atomic mass is 16.5. The molecule has 2 aliphatic rings. The van der Waals surface area contributed by atoms with Crippen molar-refractivity contribution in [2.75, 3.05) is 42.3 Å². The summed E-state index contributed by atoms with van der Waals surface area (Å²) >= 11 is 0. The molecule has 1 saturated heterocycles. The van der Waals surface area contributed by atoms with Crippen LogP contribution in [-0.4, -0.2) is 52.1 Å². The maximum atomic E-state index is 12.7. The number of amides is 1. The van der Waals surface area contributed by atoms with Crippen molar-refractivity contribution in [3.63, 3.8) is 0 Å². The Hall–Kier alpha value is -3.20. The first-order valence-corrected chi connectivity index (χ1v) is 10.3. The lowest BCUT2D eigenvalue weighted by Gasteiger charge is -2.30. The number of fused-ring (bicyclic) bond motifs is 2. The van der Waals surface area contributed by atoms with Crippen LogP contribution in [0.5, 0.6) is 0 Å². The van der Waals surface area contributed by atoms with Gasteiger partial charge < -0.3 is 20.8 Å². The number of nitrogens with one attached hydrogen (secondary N) is 2. The predicted molar refractivity (Wildman–Crippen MR) is 115 cm³/mol. The Morgan fingerprint density at radius 2 is 2.10 bits per heavy atom. The van der Waals surface area contributed by atoms with Gasteiger partial charge in [0.05, 0.1) is 29.5 Å². The molecule has 9 nitrogen and oxygen atoms in total. The summed E-state index contributed by atoms with van der Waals surface area (Å²) in [5.74, 6) is 2.23. The molecule has 0 saturated carbocycles. The molecule has 0 bridgehead atoms. The van der Waals surface area contributed by atoms with Crippen LogP contribution in [0.25, 0.3) is 22.3 Å². The Morgan fingerprint density at radius 1 is 1.27 bits per heavy atom. The van der Waals surface area contributed by atoms with Crippen LogP contribution < -0.4 is 16.0 Å². The lowest BCUT2D eigenvalue weighted by Crippen LogP contribution is -2.42. The number of benzene rings is 1. The van der Waals surface area contributed by atoms with Crippen LogP contribution in [0.4, 0.5) is 17.6 Å². The summed E-state index contributed by atoms with van der Waals surface area (Å²) in [6, 6.07) is 3.98. The standard InChI is InChI=1S/C21H25N7O2/c1-12-8-14(9-15-18(12)27-21(22)26-15)16-10-23-19-20(25-16)28(17(29)11-24-19)5-2-13-3-6-30-7-4-13/h8-10,13H,2-7,11H2,1H3,(H,23,24)(H3,22,26,27). The number of aryl methyl sites for hydroxylation is 1. The number of carbonyl (C=O) groups is 1. The van der Waals surface area contributed by atoms with Crippen LogP contribution in [0.15, 0.2) is 18.3 Å². The summed E-state index contributed by atoms with van der Waals surface area (Å²) in [6.45, 7) is 4.49. The van der Waals surface area contributed by atoms with E-state index in [-0.39, 0.29) is 12.5 Å². The Kier molecular flexibility index (Phi) is 4.74. The van der Waals surface area contributed by atoms with Gasteiger partial charge in [-0.25, -0.2) is 15.0 Å². The molecular formula is C21H25N7O2. The van der Waals surface area contributed by atoms with E-state index < -0.39 is 0 Å². The number of rotatable bonds is 4.